The third-order valence-corrected chi connectivity index (χ3v) is 7.49. The van der Waals surface area contributed by atoms with Crippen molar-refractivity contribution in [2.24, 2.45) is 11.7 Å². The number of carbonyl (C=O) groups excluding carboxylic acids is 2. The highest BCUT2D eigenvalue weighted by Gasteiger charge is 2.47. The maximum absolute atomic E-state index is 12.7. The molecule has 0 bridgehead atoms. The molecular formula is C27H33N7O2. The van der Waals surface area contributed by atoms with E-state index in [1.54, 1.807) is 0 Å². The lowest BCUT2D eigenvalue weighted by Crippen LogP contribution is -2.40. The maximum atomic E-state index is 12.7. The zero-order valence-corrected chi connectivity index (χ0v) is 20.8. The van der Waals surface area contributed by atoms with Gasteiger partial charge in [0.15, 0.2) is 5.82 Å². The minimum atomic E-state index is -0.754. The van der Waals surface area contributed by atoms with E-state index in [0.29, 0.717) is 55.2 Å². The molecule has 0 saturated heterocycles. The number of aromatic amines is 1. The van der Waals surface area contributed by atoms with Crippen LogP contribution in [0.5, 0.6) is 0 Å². The highest BCUT2D eigenvalue weighted by atomic mass is 16.2. The van der Waals surface area contributed by atoms with Gasteiger partial charge in [-0.3, -0.25) is 9.59 Å². The summed E-state index contributed by atoms with van der Waals surface area (Å²) in [6, 6.07) is 11.7. The molecule has 0 aliphatic heterocycles. The van der Waals surface area contributed by atoms with E-state index < -0.39 is 5.41 Å². The van der Waals surface area contributed by atoms with E-state index in [1.807, 2.05) is 50.2 Å². The number of nitrogens with zero attached hydrogens (tertiary/aromatic N) is 3. The van der Waals surface area contributed by atoms with E-state index in [-0.39, 0.29) is 17.9 Å². The van der Waals surface area contributed by atoms with Crippen LogP contribution in [0, 0.1) is 5.92 Å². The molecular weight excluding hydrogens is 454 g/mol. The maximum Gasteiger partial charge on any atom is 0.251 e. The van der Waals surface area contributed by atoms with Crippen LogP contribution in [0.4, 0.5) is 0 Å². The highest BCUT2D eigenvalue weighted by molar-refractivity contribution is 5.95. The third kappa shape index (κ3) is 4.28. The van der Waals surface area contributed by atoms with Gasteiger partial charge >= 0.3 is 0 Å². The van der Waals surface area contributed by atoms with Crippen LogP contribution in [0.1, 0.15) is 81.9 Å². The molecule has 9 heteroatoms. The van der Waals surface area contributed by atoms with Crippen LogP contribution in [0.15, 0.2) is 36.4 Å². The van der Waals surface area contributed by atoms with Gasteiger partial charge in [0, 0.05) is 30.3 Å². The zero-order chi connectivity index (χ0) is 25.3. The third-order valence-electron chi connectivity index (χ3n) is 7.49. The second kappa shape index (κ2) is 9.81. The summed E-state index contributed by atoms with van der Waals surface area (Å²) in [7, 11) is 0. The van der Waals surface area contributed by atoms with Gasteiger partial charge in [0.25, 0.3) is 11.8 Å². The fraction of sp³-hybridized carbons (Fsp3) is 0.444. The predicted octanol–water partition coefficient (Wildman–Crippen LogP) is 2.26. The van der Waals surface area contributed by atoms with Crippen molar-refractivity contribution in [3.05, 3.63) is 75.6 Å². The molecule has 2 aliphatic rings. The minimum absolute atomic E-state index is 0.0477. The standard InChI is InChI=1S/C27H33N7O2/c1-3-29-24(35)19-9-11-21-17(13-19)7-8-18-14-20(25(36)30-4-2)10-12-22(18)27(21,26-31-33-34-32-26)15-23(28)16-5-6-16/h9-14,16,23H,3-8,15,28H2,1-2H3,(H,29,35)(H,30,36)(H,31,32,33,34)/t23-/m0/s1. The average molecular weight is 488 g/mol. The topological polar surface area (TPSA) is 139 Å². The molecule has 1 atom stereocenters. The van der Waals surface area contributed by atoms with Crippen molar-refractivity contribution in [1.29, 1.82) is 0 Å². The van der Waals surface area contributed by atoms with Gasteiger partial charge < -0.3 is 16.4 Å². The molecule has 1 aromatic heterocycles. The van der Waals surface area contributed by atoms with E-state index in [1.165, 1.54) is 0 Å². The first kappa shape index (κ1) is 24.1. The number of tetrazole rings is 1. The number of aromatic nitrogens is 4. The molecule has 0 radical (unpaired) electrons. The van der Waals surface area contributed by atoms with Crippen molar-refractivity contribution in [1.82, 2.24) is 31.3 Å². The number of hydrogen-bond donors (Lipinski definition) is 4. The quantitative estimate of drug-likeness (QED) is 0.384. The summed E-state index contributed by atoms with van der Waals surface area (Å²) in [5.74, 6) is 0.827. The van der Waals surface area contributed by atoms with Gasteiger partial charge in [-0.25, -0.2) is 0 Å². The molecule has 5 rings (SSSR count). The lowest BCUT2D eigenvalue weighted by Gasteiger charge is -2.36. The van der Waals surface area contributed by atoms with Crippen LogP contribution in [0.2, 0.25) is 0 Å². The van der Waals surface area contributed by atoms with Crippen LogP contribution >= 0.6 is 0 Å². The monoisotopic (exact) mass is 487 g/mol. The second-order valence-corrected chi connectivity index (χ2v) is 9.81. The number of nitrogens with two attached hydrogens (primary N) is 1. The van der Waals surface area contributed by atoms with Crippen molar-refractivity contribution >= 4 is 11.8 Å². The Morgan fingerprint density at radius 1 is 1.00 bits per heavy atom. The van der Waals surface area contributed by atoms with Gasteiger partial charge in [-0.1, -0.05) is 17.3 Å². The van der Waals surface area contributed by atoms with Crippen LogP contribution in [0.25, 0.3) is 0 Å². The Balaban J connectivity index is 1.72. The first-order valence-corrected chi connectivity index (χ1v) is 12.8. The fourth-order valence-corrected chi connectivity index (χ4v) is 5.60. The minimum Gasteiger partial charge on any atom is -0.352 e. The number of fused-ring (bicyclic) bond motifs is 2. The first-order chi connectivity index (χ1) is 17.5. The SMILES string of the molecule is CCNC(=O)c1ccc2c(c1)CCc1cc(C(=O)NCC)ccc1C2(C[C@H](N)C1CC1)c1nn[nH]n1. The summed E-state index contributed by atoms with van der Waals surface area (Å²) >= 11 is 0. The smallest absolute Gasteiger partial charge is 0.251 e. The van der Waals surface area contributed by atoms with Crippen LogP contribution in [0.3, 0.4) is 0 Å². The van der Waals surface area contributed by atoms with E-state index in [2.05, 4.69) is 31.3 Å². The van der Waals surface area contributed by atoms with Crippen molar-refractivity contribution in [2.75, 3.05) is 13.1 Å². The normalized spacial score (nSPS) is 16.9. The molecule has 0 spiro atoms. The van der Waals surface area contributed by atoms with E-state index >= 15 is 0 Å². The summed E-state index contributed by atoms with van der Waals surface area (Å²) in [6.07, 6.45) is 4.28. The molecule has 2 aliphatic carbocycles. The molecule has 2 aromatic carbocycles. The lowest BCUT2D eigenvalue weighted by molar-refractivity contribution is 0.0947. The van der Waals surface area contributed by atoms with Gasteiger partial charge in [0.05, 0.1) is 5.41 Å². The lowest BCUT2D eigenvalue weighted by atomic mass is 9.67. The van der Waals surface area contributed by atoms with Gasteiger partial charge in [0.1, 0.15) is 0 Å². The van der Waals surface area contributed by atoms with E-state index in [9.17, 15) is 9.59 Å². The summed E-state index contributed by atoms with van der Waals surface area (Å²) in [6.45, 7) is 4.94. The molecule has 5 N–H and O–H groups in total. The van der Waals surface area contributed by atoms with Crippen LogP contribution in [-0.2, 0) is 18.3 Å². The number of H-pyrrole nitrogens is 1. The summed E-state index contributed by atoms with van der Waals surface area (Å²) in [4.78, 5) is 25.3. The van der Waals surface area contributed by atoms with E-state index in [4.69, 9.17) is 5.73 Å². The van der Waals surface area contributed by atoms with Crippen LogP contribution < -0.4 is 16.4 Å². The number of amides is 2. The Labute approximate surface area is 210 Å². The average Bonchev–Trinajstić information content (AvgIpc) is 3.62. The largest absolute Gasteiger partial charge is 0.352 e. The van der Waals surface area contributed by atoms with E-state index in [0.717, 1.165) is 35.1 Å². The number of aryl methyl sites for hydroxylation is 2. The van der Waals surface area contributed by atoms with Crippen molar-refractivity contribution in [3.63, 3.8) is 0 Å². The summed E-state index contributed by atoms with van der Waals surface area (Å²) < 4.78 is 0. The predicted molar refractivity (Wildman–Crippen MR) is 136 cm³/mol. The van der Waals surface area contributed by atoms with Crippen molar-refractivity contribution < 1.29 is 9.59 Å². The zero-order valence-electron chi connectivity index (χ0n) is 20.8. The van der Waals surface area contributed by atoms with Gasteiger partial charge in [-0.2, -0.15) is 5.21 Å². The molecule has 3 aromatic rings. The number of carbonyl (C=O) groups is 2. The number of benzene rings is 2. The molecule has 0 unspecified atom stereocenters. The Kier molecular flexibility index (Phi) is 6.57. The van der Waals surface area contributed by atoms with Crippen molar-refractivity contribution in [3.8, 4) is 0 Å². The van der Waals surface area contributed by atoms with Gasteiger partial charge in [-0.15, -0.1) is 10.2 Å². The molecule has 188 valence electrons. The number of rotatable bonds is 8. The van der Waals surface area contributed by atoms with Gasteiger partial charge in [-0.05, 0) is 98.4 Å². The second-order valence-electron chi connectivity index (χ2n) is 9.81. The molecule has 36 heavy (non-hydrogen) atoms. The Morgan fingerprint density at radius 2 is 1.56 bits per heavy atom. The highest BCUT2D eigenvalue weighted by Crippen LogP contribution is 2.49. The Hall–Kier alpha value is -3.59. The first-order valence-electron chi connectivity index (χ1n) is 12.8. The van der Waals surface area contributed by atoms with Crippen LogP contribution in [-0.4, -0.2) is 51.6 Å². The molecule has 1 saturated carbocycles. The molecule has 9 nitrogen and oxygen atoms in total. The Morgan fingerprint density at radius 3 is 2.00 bits per heavy atom. The fourth-order valence-electron chi connectivity index (χ4n) is 5.60. The molecule has 1 fully saturated rings. The Bertz CT molecular complexity index is 1200. The molecule has 1 heterocycles. The molecule has 2 amide bonds. The summed E-state index contributed by atoms with van der Waals surface area (Å²) in [5, 5.41) is 21.3. The van der Waals surface area contributed by atoms with Crippen molar-refractivity contribution in [2.45, 2.75) is 57.4 Å². The number of nitrogens with one attached hydrogen (secondary N) is 3. The number of hydrogen-bond acceptors (Lipinski definition) is 6. The summed E-state index contributed by atoms with van der Waals surface area (Å²) in [5.41, 5.74) is 11.5. The van der Waals surface area contributed by atoms with Gasteiger partial charge in [0.2, 0.25) is 0 Å².